The first-order valence-corrected chi connectivity index (χ1v) is 11.3. The summed E-state index contributed by atoms with van der Waals surface area (Å²) in [7, 11) is 0. The number of pyridine rings is 1. The Morgan fingerprint density at radius 2 is 1.90 bits per heavy atom. The standard InChI is InChI=1S/C24H22Cl2N2O3/c1-12-3-6-18-15(9-12)22(29)20-21(14-4-5-16(25)17(26)11-14)28(24(30)23(20)31-18)19-10-13(2)7-8-27-19/h4-5,7-8,10-12,15,18,21H,3,6,9H2,1-2H3. The van der Waals surface area contributed by atoms with Crippen LogP contribution >= 0.6 is 23.2 Å². The maximum Gasteiger partial charge on any atom is 0.295 e. The Kier molecular flexibility index (Phi) is 5.06. The first-order chi connectivity index (χ1) is 14.8. The lowest BCUT2D eigenvalue weighted by molar-refractivity contribution is -0.132. The van der Waals surface area contributed by atoms with Crippen molar-refractivity contribution in [3.63, 3.8) is 0 Å². The summed E-state index contributed by atoms with van der Waals surface area (Å²) in [5, 5.41) is 0.780. The van der Waals surface area contributed by atoms with Gasteiger partial charge in [-0.3, -0.25) is 14.5 Å². The molecule has 1 saturated carbocycles. The highest BCUT2D eigenvalue weighted by atomic mass is 35.5. The Balaban J connectivity index is 1.67. The second-order valence-corrected chi connectivity index (χ2v) is 9.55. The number of hydrogen-bond acceptors (Lipinski definition) is 4. The molecule has 0 bridgehead atoms. The molecular weight excluding hydrogens is 435 g/mol. The van der Waals surface area contributed by atoms with Crippen LogP contribution in [0.2, 0.25) is 10.0 Å². The number of Topliss-reactive ketones (excluding diaryl/α,β-unsaturated/α-hetero) is 1. The minimum Gasteiger partial charge on any atom is -0.483 e. The van der Waals surface area contributed by atoms with Gasteiger partial charge in [0.2, 0.25) is 0 Å². The number of benzene rings is 1. The van der Waals surface area contributed by atoms with Crippen LogP contribution < -0.4 is 4.90 Å². The summed E-state index contributed by atoms with van der Waals surface area (Å²) in [5.41, 5.74) is 2.07. The molecule has 4 unspecified atom stereocenters. The van der Waals surface area contributed by atoms with Crippen LogP contribution in [0.5, 0.6) is 0 Å². The molecule has 160 valence electrons. The molecule has 5 nitrogen and oxygen atoms in total. The zero-order valence-electron chi connectivity index (χ0n) is 17.3. The zero-order chi connectivity index (χ0) is 21.9. The van der Waals surface area contributed by atoms with Crippen LogP contribution in [0, 0.1) is 18.8 Å². The van der Waals surface area contributed by atoms with Crippen molar-refractivity contribution in [1.29, 1.82) is 0 Å². The smallest absolute Gasteiger partial charge is 0.295 e. The van der Waals surface area contributed by atoms with Gasteiger partial charge in [0, 0.05) is 6.20 Å². The number of anilines is 1. The number of aryl methyl sites for hydroxylation is 1. The van der Waals surface area contributed by atoms with E-state index >= 15 is 0 Å². The summed E-state index contributed by atoms with van der Waals surface area (Å²) in [5.74, 6) is 0.507. The van der Waals surface area contributed by atoms with Crippen molar-refractivity contribution in [3.8, 4) is 0 Å². The summed E-state index contributed by atoms with van der Waals surface area (Å²) in [6.45, 7) is 4.09. The number of carbonyl (C=O) groups is 2. The van der Waals surface area contributed by atoms with Crippen LogP contribution in [-0.2, 0) is 14.3 Å². The highest BCUT2D eigenvalue weighted by Crippen LogP contribution is 2.49. The molecule has 1 amide bonds. The maximum atomic E-state index is 13.7. The molecule has 1 aliphatic carbocycles. The van der Waals surface area contributed by atoms with Crippen molar-refractivity contribution in [2.75, 3.05) is 4.90 Å². The van der Waals surface area contributed by atoms with E-state index in [4.69, 9.17) is 27.9 Å². The Morgan fingerprint density at radius 1 is 1.10 bits per heavy atom. The Morgan fingerprint density at radius 3 is 2.65 bits per heavy atom. The van der Waals surface area contributed by atoms with Gasteiger partial charge in [-0.2, -0.15) is 0 Å². The average Bonchev–Trinajstić information content (AvgIpc) is 3.03. The molecule has 3 heterocycles. The lowest BCUT2D eigenvalue weighted by Crippen LogP contribution is -2.41. The number of ether oxygens (including phenoxy) is 1. The lowest BCUT2D eigenvalue weighted by Gasteiger charge is -2.37. The van der Waals surface area contributed by atoms with E-state index in [0.29, 0.717) is 32.9 Å². The van der Waals surface area contributed by atoms with Crippen LogP contribution in [0.15, 0.2) is 47.9 Å². The molecule has 5 rings (SSSR count). The summed E-state index contributed by atoms with van der Waals surface area (Å²) in [4.78, 5) is 33.3. The average molecular weight is 457 g/mol. The normalized spacial score (nSPS) is 27.8. The van der Waals surface area contributed by atoms with Crippen LogP contribution in [0.25, 0.3) is 0 Å². The third-order valence-electron chi connectivity index (χ3n) is 6.52. The van der Waals surface area contributed by atoms with Crippen LogP contribution in [0.3, 0.4) is 0 Å². The number of carbonyl (C=O) groups excluding carboxylic acids is 2. The zero-order valence-corrected chi connectivity index (χ0v) is 18.8. The fourth-order valence-electron chi connectivity index (χ4n) is 4.96. The predicted molar refractivity (Wildman–Crippen MR) is 119 cm³/mol. The van der Waals surface area contributed by atoms with Gasteiger partial charge in [-0.1, -0.05) is 36.2 Å². The van der Waals surface area contributed by atoms with E-state index in [0.717, 1.165) is 24.8 Å². The molecule has 0 N–H and O–H groups in total. The number of halogens is 2. The summed E-state index contributed by atoms with van der Waals surface area (Å²) < 4.78 is 6.21. The van der Waals surface area contributed by atoms with E-state index in [2.05, 4.69) is 11.9 Å². The van der Waals surface area contributed by atoms with E-state index in [1.54, 1.807) is 29.3 Å². The monoisotopic (exact) mass is 456 g/mol. The topological polar surface area (TPSA) is 59.5 Å². The minimum absolute atomic E-state index is 0.00243. The molecule has 0 saturated heterocycles. The number of ketones is 1. The third kappa shape index (κ3) is 3.35. The van der Waals surface area contributed by atoms with E-state index in [-0.39, 0.29) is 29.5 Å². The number of amides is 1. The molecule has 7 heteroatoms. The molecule has 2 aromatic rings. The number of nitrogens with zero attached hydrogens (tertiary/aromatic N) is 2. The van der Waals surface area contributed by atoms with Gasteiger partial charge in [0.15, 0.2) is 11.5 Å². The fourth-order valence-corrected chi connectivity index (χ4v) is 5.27. The summed E-state index contributed by atoms with van der Waals surface area (Å²) in [6.07, 6.45) is 3.95. The summed E-state index contributed by atoms with van der Waals surface area (Å²) >= 11 is 12.4. The van der Waals surface area contributed by atoms with Crippen LogP contribution in [-0.4, -0.2) is 22.8 Å². The number of rotatable bonds is 2. The van der Waals surface area contributed by atoms with Crippen molar-refractivity contribution in [1.82, 2.24) is 4.98 Å². The Labute approximate surface area is 191 Å². The van der Waals surface area contributed by atoms with Crippen molar-refractivity contribution >= 4 is 40.7 Å². The molecule has 4 atom stereocenters. The minimum atomic E-state index is -0.655. The maximum absolute atomic E-state index is 13.7. The molecule has 1 aromatic carbocycles. The molecule has 0 radical (unpaired) electrons. The van der Waals surface area contributed by atoms with Gasteiger partial charge < -0.3 is 4.74 Å². The van der Waals surface area contributed by atoms with E-state index in [1.165, 1.54) is 0 Å². The van der Waals surface area contributed by atoms with Gasteiger partial charge in [0.1, 0.15) is 11.9 Å². The second kappa shape index (κ2) is 7.64. The molecule has 3 aliphatic rings. The highest BCUT2D eigenvalue weighted by Gasteiger charge is 2.53. The van der Waals surface area contributed by atoms with Gasteiger partial charge in [0.05, 0.1) is 27.6 Å². The van der Waals surface area contributed by atoms with Gasteiger partial charge in [-0.15, -0.1) is 0 Å². The number of aromatic nitrogens is 1. The van der Waals surface area contributed by atoms with Crippen molar-refractivity contribution in [2.45, 2.75) is 45.3 Å². The lowest BCUT2D eigenvalue weighted by atomic mass is 9.74. The van der Waals surface area contributed by atoms with E-state index < -0.39 is 6.04 Å². The number of fused-ring (bicyclic) bond motifs is 1. The Bertz CT molecular complexity index is 1130. The highest BCUT2D eigenvalue weighted by molar-refractivity contribution is 6.42. The van der Waals surface area contributed by atoms with Crippen LogP contribution in [0.1, 0.15) is 43.4 Å². The largest absolute Gasteiger partial charge is 0.483 e. The predicted octanol–water partition coefficient (Wildman–Crippen LogP) is 5.44. The molecule has 1 aromatic heterocycles. The fraction of sp³-hybridized carbons (Fsp3) is 0.375. The van der Waals surface area contributed by atoms with Gasteiger partial charge in [0.25, 0.3) is 5.91 Å². The SMILES string of the molecule is Cc1ccnc(N2C(=O)C3=C(C(=O)C4CC(C)CCC4O3)C2c2ccc(Cl)c(Cl)c2)c1. The molecule has 0 spiro atoms. The van der Waals surface area contributed by atoms with Crippen molar-refractivity contribution in [3.05, 3.63) is 69.0 Å². The molecule has 2 aliphatic heterocycles. The van der Waals surface area contributed by atoms with E-state index in [1.807, 2.05) is 19.1 Å². The molecular formula is C24H22Cl2N2O3. The first-order valence-electron chi connectivity index (χ1n) is 10.5. The molecule has 31 heavy (non-hydrogen) atoms. The first kappa shape index (κ1) is 20.5. The van der Waals surface area contributed by atoms with Crippen LogP contribution in [0.4, 0.5) is 5.82 Å². The second-order valence-electron chi connectivity index (χ2n) is 8.73. The third-order valence-corrected chi connectivity index (χ3v) is 7.26. The Hall–Kier alpha value is -2.37. The molecule has 1 fully saturated rings. The number of hydrogen-bond donors (Lipinski definition) is 0. The quantitative estimate of drug-likeness (QED) is 0.603. The van der Waals surface area contributed by atoms with Gasteiger partial charge >= 0.3 is 0 Å². The van der Waals surface area contributed by atoms with Gasteiger partial charge in [-0.25, -0.2) is 4.98 Å². The van der Waals surface area contributed by atoms with Gasteiger partial charge in [-0.05, 0) is 67.5 Å². The van der Waals surface area contributed by atoms with Crippen molar-refractivity contribution in [2.24, 2.45) is 11.8 Å². The summed E-state index contributed by atoms with van der Waals surface area (Å²) in [6, 6.07) is 8.24. The van der Waals surface area contributed by atoms with E-state index in [9.17, 15) is 9.59 Å². The van der Waals surface area contributed by atoms with Crippen molar-refractivity contribution < 1.29 is 14.3 Å².